The first kappa shape index (κ1) is 7.62. The van der Waals surface area contributed by atoms with E-state index in [4.69, 9.17) is 5.73 Å². The Kier molecular flexibility index (Phi) is 1.58. The monoisotopic (exact) mass is 162 g/mol. The minimum atomic E-state index is -0.151. The Morgan fingerprint density at radius 1 is 1.42 bits per heavy atom. The fourth-order valence-electron chi connectivity index (χ4n) is 1.73. The van der Waals surface area contributed by atoms with Gasteiger partial charge in [-0.05, 0) is 25.0 Å². The molecule has 1 aliphatic rings. The molecule has 1 heterocycles. The Hall–Kier alpha value is -1.02. The van der Waals surface area contributed by atoms with E-state index in [0.29, 0.717) is 0 Å². The van der Waals surface area contributed by atoms with E-state index in [1.165, 1.54) is 11.3 Å². The molecular formula is C10H14N2. The van der Waals surface area contributed by atoms with Crippen molar-refractivity contribution in [3.8, 4) is 0 Å². The van der Waals surface area contributed by atoms with E-state index in [0.717, 1.165) is 13.0 Å². The SMILES string of the molecule is C[C@]1(N)CCNc2ccccc21. The maximum atomic E-state index is 6.15. The maximum Gasteiger partial charge on any atom is 0.0418 e. The Morgan fingerprint density at radius 3 is 2.92 bits per heavy atom. The molecule has 1 atom stereocenters. The Balaban J connectivity index is 2.52. The molecule has 2 rings (SSSR count). The van der Waals surface area contributed by atoms with Crippen molar-refractivity contribution in [3.63, 3.8) is 0 Å². The van der Waals surface area contributed by atoms with Gasteiger partial charge >= 0.3 is 0 Å². The van der Waals surface area contributed by atoms with Crippen molar-refractivity contribution in [2.24, 2.45) is 5.73 Å². The van der Waals surface area contributed by atoms with Gasteiger partial charge in [-0.3, -0.25) is 0 Å². The van der Waals surface area contributed by atoms with Crippen LogP contribution in [0, 0.1) is 0 Å². The second-order valence-corrected chi connectivity index (χ2v) is 3.64. The number of anilines is 1. The largest absolute Gasteiger partial charge is 0.385 e. The minimum absolute atomic E-state index is 0.151. The molecule has 0 saturated carbocycles. The van der Waals surface area contributed by atoms with Gasteiger partial charge in [-0.1, -0.05) is 18.2 Å². The quantitative estimate of drug-likeness (QED) is 0.609. The molecule has 12 heavy (non-hydrogen) atoms. The molecular weight excluding hydrogens is 148 g/mol. The molecule has 3 N–H and O–H groups in total. The second-order valence-electron chi connectivity index (χ2n) is 3.64. The molecule has 1 aliphatic heterocycles. The number of fused-ring (bicyclic) bond motifs is 1. The first-order chi connectivity index (χ1) is 5.70. The first-order valence-electron chi connectivity index (χ1n) is 4.32. The van der Waals surface area contributed by atoms with Gasteiger partial charge in [-0.15, -0.1) is 0 Å². The molecule has 0 aromatic heterocycles. The summed E-state index contributed by atoms with van der Waals surface area (Å²) in [7, 11) is 0. The predicted molar refractivity (Wildman–Crippen MR) is 51.1 cm³/mol. The number of para-hydroxylation sites is 1. The van der Waals surface area contributed by atoms with Crippen LogP contribution >= 0.6 is 0 Å². The number of rotatable bonds is 0. The van der Waals surface area contributed by atoms with Crippen molar-refractivity contribution in [3.05, 3.63) is 29.8 Å². The number of nitrogens with two attached hydrogens (primary N) is 1. The molecule has 1 aromatic rings. The van der Waals surface area contributed by atoms with Gasteiger partial charge in [0, 0.05) is 17.8 Å². The molecule has 2 nitrogen and oxygen atoms in total. The van der Waals surface area contributed by atoms with Gasteiger partial charge < -0.3 is 11.1 Å². The van der Waals surface area contributed by atoms with Crippen LogP contribution in [0.15, 0.2) is 24.3 Å². The van der Waals surface area contributed by atoms with E-state index in [1.54, 1.807) is 0 Å². The highest BCUT2D eigenvalue weighted by Gasteiger charge is 2.26. The summed E-state index contributed by atoms with van der Waals surface area (Å²) < 4.78 is 0. The molecule has 2 heteroatoms. The molecule has 0 saturated heterocycles. The summed E-state index contributed by atoms with van der Waals surface area (Å²) in [5.41, 5.74) is 8.42. The Bertz CT molecular complexity index is 292. The summed E-state index contributed by atoms with van der Waals surface area (Å²) in [6.07, 6.45) is 1.00. The third-order valence-corrected chi connectivity index (χ3v) is 2.50. The predicted octanol–water partition coefficient (Wildman–Crippen LogP) is 1.68. The lowest BCUT2D eigenvalue weighted by Crippen LogP contribution is -2.39. The van der Waals surface area contributed by atoms with E-state index < -0.39 is 0 Å². The van der Waals surface area contributed by atoms with E-state index in [2.05, 4.69) is 24.4 Å². The molecule has 0 amide bonds. The van der Waals surface area contributed by atoms with Crippen molar-refractivity contribution < 1.29 is 0 Å². The number of hydrogen-bond acceptors (Lipinski definition) is 2. The van der Waals surface area contributed by atoms with E-state index >= 15 is 0 Å². The fraction of sp³-hybridized carbons (Fsp3) is 0.400. The lowest BCUT2D eigenvalue weighted by molar-refractivity contribution is 0.455. The van der Waals surface area contributed by atoms with E-state index in [9.17, 15) is 0 Å². The summed E-state index contributed by atoms with van der Waals surface area (Å²) in [4.78, 5) is 0. The first-order valence-corrected chi connectivity index (χ1v) is 4.32. The zero-order valence-corrected chi connectivity index (χ0v) is 7.30. The maximum absolute atomic E-state index is 6.15. The third kappa shape index (κ3) is 1.08. The molecule has 0 aliphatic carbocycles. The summed E-state index contributed by atoms with van der Waals surface area (Å²) in [5.74, 6) is 0. The Morgan fingerprint density at radius 2 is 2.17 bits per heavy atom. The number of hydrogen-bond donors (Lipinski definition) is 2. The smallest absolute Gasteiger partial charge is 0.0418 e. The Labute approximate surface area is 72.8 Å². The highest BCUT2D eigenvalue weighted by atomic mass is 14.9. The minimum Gasteiger partial charge on any atom is -0.385 e. The average molecular weight is 162 g/mol. The molecule has 0 spiro atoms. The lowest BCUT2D eigenvalue weighted by atomic mass is 9.86. The fourth-order valence-corrected chi connectivity index (χ4v) is 1.73. The topological polar surface area (TPSA) is 38.0 Å². The lowest BCUT2D eigenvalue weighted by Gasteiger charge is -2.32. The molecule has 0 unspecified atom stereocenters. The van der Waals surface area contributed by atoms with Gasteiger partial charge in [-0.2, -0.15) is 0 Å². The van der Waals surface area contributed by atoms with Crippen LogP contribution in [-0.2, 0) is 5.54 Å². The van der Waals surface area contributed by atoms with Crippen LogP contribution < -0.4 is 11.1 Å². The second kappa shape index (κ2) is 2.49. The van der Waals surface area contributed by atoms with Crippen LogP contribution in [0.1, 0.15) is 18.9 Å². The van der Waals surface area contributed by atoms with Crippen molar-refractivity contribution in [1.29, 1.82) is 0 Å². The summed E-state index contributed by atoms with van der Waals surface area (Å²) in [5, 5.41) is 3.34. The van der Waals surface area contributed by atoms with Crippen LogP contribution in [0.2, 0.25) is 0 Å². The number of nitrogens with one attached hydrogen (secondary N) is 1. The van der Waals surface area contributed by atoms with E-state index in [1.807, 2.05) is 12.1 Å². The van der Waals surface area contributed by atoms with Crippen molar-refractivity contribution in [2.45, 2.75) is 18.9 Å². The number of benzene rings is 1. The molecule has 64 valence electrons. The van der Waals surface area contributed by atoms with Crippen LogP contribution in [0.25, 0.3) is 0 Å². The van der Waals surface area contributed by atoms with Gasteiger partial charge in [0.05, 0.1) is 0 Å². The van der Waals surface area contributed by atoms with Crippen LogP contribution in [0.5, 0.6) is 0 Å². The molecule has 1 aromatic carbocycles. The molecule has 0 bridgehead atoms. The normalized spacial score (nSPS) is 27.5. The summed E-state index contributed by atoms with van der Waals surface area (Å²) in [6.45, 7) is 3.07. The van der Waals surface area contributed by atoms with Crippen LogP contribution in [0.4, 0.5) is 5.69 Å². The van der Waals surface area contributed by atoms with Crippen molar-refractivity contribution >= 4 is 5.69 Å². The van der Waals surface area contributed by atoms with Gasteiger partial charge in [-0.25, -0.2) is 0 Å². The molecule has 0 fully saturated rings. The van der Waals surface area contributed by atoms with Crippen LogP contribution in [-0.4, -0.2) is 6.54 Å². The summed E-state index contributed by atoms with van der Waals surface area (Å²) in [6, 6.07) is 8.26. The third-order valence-electron chi connectivity index (χ3n) is 2.50. The average Bonchev–Trinajstić information content (AvgIpc) is 2.04. The van der Waals surface area contributed by atoms with Crippen molar-refractivity contribution in [2.75, 3.05) is 11.9 Å². The highest BCUT2D eigenvalue weighted by molar-refractivity contribution is 5.56. The summed E-state index contributed by atoms with van der Waals surface area (Å²) >= 11 is 0. The van der Waals surface area contributed by atoms with Crippen LogP contribution in [0.3, 0.4) is 0 Å². The zero-order chi connectivity index (χ0) is 8.60. The van der Waals surface area contributed by atoms with Gasteiger partial charge in [0.25, 0.3) is 0 Å². The standard InChI is InChI=1S/C10H14N2/c1-10(11)6-7-12-9-5-3-2-4-8(9)10/h2-5,12H,6-7,11H2,1H3/t10-/m0/s1. The van der Waals surface area contributed by atoms with Crippen molar-refractivity contribution in [1.82, 2.24) is 0 Å². The molecule has 0 radical (unpaired) electrons. The van der Waals surface area contributed by atoms with Gasteiger partial charge in [0.1, 0.15) is 0 Å². The van der Waals surface area contributed by atoms with E-state index in [-0.39, 0.29) is 5.54 Å². The van der Waals surface area contributed by atoms with Gasteiger partial charge in [0.15, 0.2) is 0 Å². The highest BCUT2D eigenvalue weighted by Crippen LogP contribution is 2.31. The zero-order valence-electron chi connectivity index (χ0n) is 7.30. The van der Waals surface area contributed by atoms with Gasteiger partial charge in [0.2, 0.25) is 0 Å².